The lowest BCUT2D eigenvalue weighted by Gasteiger charge is -2.03. The molecule has 22 heavy (non-hydrogen) atoms. The van der Waals surface area contributed by atoms with Crippen molar-refractivity contribution in [2.45, 2.75) is 6.92 Å². The van der Waals surface area contributed by atoms with Crippen molar-refractivity contribution < 1.29 is 4.74 Å². The molecule has 1 N–H and O–H groups in total. The lowest BCUT2D eigenvalue weighted by Crippen LogP contribution is -1.95. The minimum absolute atomic E-state index is 0.459. The number of hydrogen-bond donors (Lipinski definition) is 1. The Hall–Kier alpha value is -2.25. The monoisotopic (exact) mass is 330 g/mol. The minimum Gasteiger partial charge on any atom is -0.494 e. The summed E-state index contributed by atoms with van der Waals surface area (Å²) in [6.45, 7) is 2.59. The summed E-state index contributed by atoms with van der Waals surface area (Å²) in [5.41, 5.74) is 0.936. The molecule has 0 saturated carbocycles. The molecule has 3 aromatic rings. The number of benzene rings is 1. The predicted octanol–water partition coefficient (Wildman–Crippen LogP) is 3.95. The summed E-state index contributed by atoms with van der Waals surface area (Å²) in [4.78, 5) is 1.01. The molecule has 0 aliphatic carbocycles. The molecule has 5 nitrogen and oxygen atoms in total. The van der Waals surface area contributed by atoms with E-state index in [4.69, 9.17) is 17.0 Å². The molecular formula is C15H14N4OS2. The molecule has 0 aliphatic heterocycles. The molecule has 0 fully saturated rings. The van der Waals surface area contributed by atoms with Crippen LogP contribution in [0.3, 0.4) is 0 Å². The van der Waals surface area contributed by atoms with Gasteiger partial charge in [-0.15, -0.1) is 11.3 Å². The van der Waals surface area contributed by atoms with Gasteiger partial charge in [-0.1, -0.05) is 18.2 Å². The second kappa shape index (κ2) is 6.67. The summed E-state index contributed by atoms with van der Waals surface area (Å²) in [6, 6.07) is 11.7. The van der Waals surface area contributed by atoms with Gasteiger partial charge in [-0.25, -0.2) is 5.10 Å². The van der Waals surface area contributed by atoms with Crippen LogP contribution in [0, 0.1) is 4.77 Å². The molecular weight excluding hydrogens is 316 g/mol. The van der Waals surface area contributed by atoms with Crippen LogP contribution in [0.4, 0.5) is 0 Å². The minimum atomic E-state index is 0.459. The summed E-state index contributed by atoms with van der Waals surface area (Å²) < 4.78 is 7.56. The summed E-state index contributed by atoms with van der Waals surface area (Å²) in [7, 11) is 0. The molecule has 0 amide bonds. The summed E-state index contributed by atoms with van der Waals surface area (Å²) in [5.74, 6) is 1.53. The third-order valence-electron chi connectivity index (χ3n) is 2.88. The third-order valence-corrected chi connectivity index (χ3v) is 4.01. The van der Waals surface area contributed by atoms with Crippen molar-refractivity contribution in [3.8, 4) is 16.5 Å². The number of ether oxygens (including phenoxy) is 1. The molecule has 1 aromatic carbocycles. The van der Waals surface area contributed by atoms with E-state index in [1.807, 2.05) is 48.7 Å². The Bertz CT molecular complexity index is 833. The number of aromatic nitrogens is 3. The van der Waals surface area contributed by atoms with Gasteiger partial charge < -0.3 is 4.74 Å². The molecule has 0 aliphatic rings. The molecule has 3 rings (SSSR count). The standard InChI is InChI=1S/C15H14N4OS2/c1-2-20-12-6-3-5-11(9-12)10-16-19-14(17-18-15(19)21)13-7-4-8-22-13/h3-10H,2H2,1H3,(H,18,21)/b16-10-. The predicted molar refractivity (Wildman–Crippen MR) is 91.3 cm³/mol. The Morgan fingerprint density at radius 3 is 3.09 bits per heavy atom. The Kier molecular flexibility index (Phi) is 4.45. The zero-order valence-corrected chi connectivity index (χ0v) is 13.5. The number of hydrogen-bond acceptors (Lipinski definition) is 5. The van der Waals surface area contributed by atoms with Crippen LogP contribution >= 0.6 is 23.6 Å². The number of aromatic amines is 1. The van der Waals surface area contributed by atoms with Gasteiger partial charge in [0.2, 0.25) is 4.77 Å². The number of nitrogens with zero attached hydrogens (tertiary/aromatic N) is 3. The van der Waals surface area contributed by atoms with E-state index < -0.39 is 0 Å². The van der Waals surface area contributed by atoms with E-state index in [1.165, 1.54) is 0 Å². The van der Waals surface area contributed by atoms with Gasteiger partial charge in [0.05, 0.1) is 17.7 Å². The molecule has 0 bridgehead atoms. The van der Waals surface area contributed by atoms with Gasteiger partial charge in [-0.3, -0.25) is 0 Å². The van der Waals surface area contributed by atoms with Crippen molar-refractivity contribution in [1.82, 2.24) is 14.9 Å². The zero-order chi connectivity index (χ0) is 15.4. The Balaban J connectivity index is 1.92. The average Bonchev–Trinajstić information content (AvgIpc) is 3.15. The molecule has 112 valence electrons. The maximum absolute atomic E-state index is 5.48. The number of rotatable bonds is 5. The molecule has 0 atom stereocenters. The van der Waals surface area contributed by atoms with Gasteiger partial charge in [0.1, 0.15) is 5.75 Å². The van der Waals surface area contributed by atoms with Gasteiger partial charge in [0.25, 0.3) is 0 Å². The van der Waals surface area contributed by atoms with Crippen molar-refractivity contribution in [3.63, 3.8) is 0 Å². The largest absolute Gasteiger partial charge is 0.494 e. The SMILES string of the molecule is CCOc1cccc(/C=N\n2c(-c3cccs3)n[nH]c2=S)c1. The highest BCUT2D eigenvalue weighted by Crippen LogP contribution is 2.22. The Morgan fingerprint density at radius 1 is 1.41 bits per heavy atom. The van der Waals surface area contributed by atoms with Crippen LogP contribution in [0.15, 0.2) is 46.9 Å². The fourth-order valence-electron chi connectivity index (χ4n) is 1.94. The van der Waals surface area contributed by atoms with Crippen LogP contribution in [0.1, 0.15) is 12.5 Å². The van der Waals surface area contributed by atoms with E-state index in [2.05, 4.69) is 15.3 Å². The number of nitrogens with one attached hydrogen (secondary N) is 1. The summed E-state index contributed by atoms with van der Waals surface area (Å²) >= 11 is 6.83. The third kappa shape index (κ3) is 3.15. The fraction of sp³-hybridized carbons (Fsp3) is 0.133. The van der Waals surface area contributed by atoms with Gasteiger partial charge in [0.15, 0.2) is 5.82 Å². The molecule has 2 heterocycles. The van der Waals surface area contributed by atoms with Crippen LogP contribution in [0.2, 0.25) is 0 Å². The van der Waals surface area contributed by atoms with Gasteiger partial charge >= 0.3 is 0 Å². The van der Waals surface area contributed by atoms with Crippen molar-refractivity contribution in [1.29, 1.82) is 0 Å². The maximum atomic E-state index is 5.48. The molecule has 0 unspecified atom stereocenters. The van der Waals surface area contributed by atoms with Crippen molar-refractivity contribution in [2.75, 3.05) is 6.61 Å². The van der Waals surface area contributed by atoms with Crippen LogP contribution in [-0.2, 0) is 0 Å². The van der Waals surface area contributed by atoms with Gasteiger partial charge in [0, 0.05) is 0 Å². The number of H-pyrrole nitrogens is 1. The lowest BCUT2D eigenvalue weighted by atomic mass is 10.2. The van der Waals surface area contributed by atoms with E-state index in [0.717, 1.165) is 16.2 Å². The van der Waals surface area contributed by atoms with Crippen molar-refractivity contribution in [3.05, 3.63) is 52.1 Å². The second-order valence-corrected chi connectivity index (χ2v) is 5.73. The van der Waals surface area contributed by atoms with Crippen molar-refractivity contribution >= 4 is 29.8 Å². The Labute approximate surface area is 136 Å². The van der Waals surface area contributed by atoms with Crippen LogP contribution in [0.5, 0.6) is 5.75 Å². The zero-order valence-electron chi connectivity index (χ0n) is 11.9. The molecule has 0 radical (unpaired) electrons. The average molecular weight is 330 g/mol. The smallest absolute Gasteiger partial charge is 0.216 e. The molecule has 2 aromatic heterocycles. The molecule has 0 saturated heterocycles. The normalized spacial score (nSPS) is 11.1. The first kappa shape index (κ1) is 14.7. The summed E-state index contributed by atoms with van der Waals surface area (Å²) in [6.07, 6.45) is 1.74. The van der Waals surface area contributed by atoms with E-state index in [0.29, 0.717) is 17.2 Å². The second-order valence-electron chi connectivity index (χ2n) is 4.39. The van der Waals surface area contributed by atoms with Crippen LogP contribution in [-0.4, -0.2) is 27.7 Å². The van der Waals surface area contributed by atoms with Gasteiger partial charge in [-0.2, -0.15) is 14.9 Å². The van der Waals surface area contributed by atoms with Crippen LogP contribution < -0.4 is 4.74 Å². The van der Waals surface area contributed by atoms with E-state index >= 15 is 0 Å². The highest BCUT2D eigenvalue weighted by atomic mass is 32.1. The molecule has 0 spiro atoms. The van der Waals surface area contributed by atoms with Crippen molar-refractivity contribution in [2.24, 2.45) is 5.10 Å². The topological polar surface area (TPSA) is 55.2 Å². The maximum Gasteiger partial charge on any atom is 0.216 e. The van der Waals surface area contributed by atoms with E-state index in [-0.39, 0.29) is 0 Å². The first-order valence-corrected chi connectivity index (χ1v) is 8.05. The highest BCUT2D eigenvalue weighted by molar-refractivity contribution is 7.71. The lowest BCUT2D eigenvalue weighted by molar-refractivity contribution is 0.340. The first-order chi connectivity index (χ1) is 10.8. The highest BCUT2D eigenvalue weighted by Gasteiger charge is 2.08. The number of thiophene rings is 1. The van der Waals surface area contributed by atoms with Crippen LogP contribution in [0.25, 0.3) is 10.7 Å². The van der Waals surface area contributed by atoms with E-state index in [1.54, 1.807) is 22.2 Å². The first-order valence-electron chi connectivity index (χ1n) is 6.76. The van der Waals surface area contributed by atoms with E-state index in [9.17, 15) is 0 Å². The summed E-state index contributed by atoms with van der Waals surface area (Å²) in [5, 5.41) is 13.4. The fourth-order valence-corrected chi connectivity index (χ4v) is 2.82. The molecule has 7 heteroatoms. The Morgan fingerprint density at radius 2 is 2.32 bits per heavy atom. The quantitative estimate of drug-likeness (QED) is 0.569. The van der Waals surface area contributed by atoms with Gasteiger partial charge in [-0.05, 0) is 48.3 Å².